The first-order valence-corrected chi connectivity index (χ1v) is 9.51. The zero-order valence-electron chi connectivity index (χ0n) is 14.7. The van der Waals surface area contributed by atoms with E-state index < -0.39 is 0 Å². The summed E-state index contributed by atoms with van der Waals surface area (Å²) in [4.78, 5) is 2.62. The molecule has 0 amide bonds. The van der Waals surface area contributed by atoms with Gasteiger partial charge in [0.15, 0.2) is 11.5 Å². The van der Waals surface area contributed by atoms with Gasteiger partial charge < -0.3 is 15.2 Å². The summed E-state index contributed by atoms with van der Waals surface area (Å²) in [6, 6.07) is 4.53. The Bertz CT molecular complexity index is 518. The van der Waals surface area contributed by atoms with Crippen molar-refractivity contribution in [1.82, 2.24) is 10.2 Å². The SMILES string of the molecule is COc1cc([C@H](C2CCCCC2)N2CCNCC2)cc(Br)c1O.Cl.Cl. The molecule has 1 atom stereocenters. The summed E-state index contributed by atoms with van der Waals surface area (Å²) in [6.45, 7) is 4.28. The van der Waals surface area contributed by atoms with E-state index in [4.69, 9.17) is 4.74 Å². The third kappa shape index (κ3) is 5.39. The molecular weight excluding hydrogens is 427 g/mol. The molecule has 1 aliphatic heterocycles. The number of nitrogens with zero attached hydrogens (tertiary/aromatic N) is 1. The molecule has 3 rings (SSSR count). The second-order valence-corrected chi connectivity index (χ2v) is 7.54. The standard InChI is InChI=1S/C18H27BrN2O2.2ClH/c1-23-16-12-14(11-15(19)18(16)22)17(13-5-3-2-4-6-13)21-9-7-20-8-10-21;;/h11-13,17,20,22H,2-10H2,1H3;2*1H/t17-;;/m0../s1. The first-order valence-electron chi connectivity index (χ1n) is 8.72. The molecule has 0 spiro atoms. The van der Waals surface area contributed by atoms with Crippen LogP contribution in [0.1, 0.15) is 43.7 Å². The Morgan fingerprint density at radius 2 is 1.80 bits per heavy atom. The van der Waals surface area contributed by atoms with Crippen molar-refractivity contribution in [1.29, 1.82) is 0 Å². The second kappa shape index (κ2) is 10.8. The average Bonchev–Trinajstić information content (AvgIpc) is 2.60. The lowest BCUT2D eigenvalue weighted by molar-refractivity contribution is 0.103. The van der Waals surface area contributed by atoms with Crippen molar-refractivity contribution in [3.63, 3.8) is 0 Å². The normalized spacial score (nSPS) is 20.2. The molecule has 2 N–H and O–H groups in total. The van der Waals surface area contributed by atoms with Gasteiger partial charge in [0.25, 0.3) is 0 Å². The van der Waals surface area contributed by atoms with E-state index in [1.165, 1.54) is 37.7 Å². The van der Waals surface area contributed by atoms with Gasteiger partial charge in [0, 0.05) is 32.2 Å². The van der Waals surface area contributed by atoms with E-state index in [2.05, 4.69) is 32.2 Å². The molecule has 0 radical (unpaired) electrons. The predicted molar refractivity (Wildman–Crippen MR) is 111 cm³/mol. The summed E-state index contributed by atoms with van der Waals surface area (Å²) < 4.78 is 6.11. The van der Waals surface area contributed by atoms with Crippen LogP contribution < -0.4 is 10.1 Å². The highest BCUT2D eigenvalue weighted by Crippen LogP contribution is 2.43. The zero-order valence-corrected chi connectivity index (χ0v) is 17.9. The molecule has 2 fully saturated rings. The van der Waals surface area contributed by atoms with Gasteiger partial charge in [-0.2, -0.15) is 0 Å². The molecule has 0 unspecified atom stereocenters. The van der Waals surface area contributed by atoms with Crippen molar-refractivity contribution in [2.24, 2.45) is 5.92 Å². The minimum absolute atomic E-state index is 0. The molecule has 2 aliphatic rings. The molecule has 1 aromatic rings. The maximum atomic E-state index is 10.1. The van der Waals surface area contributed by atoms with E-state index >= 15 is 0 Å². The van der Waals surface area contributed by atoms with Crippen molar-refractivity contribution in [2.75, 3.05) is 33.3 Å². The van der Waals surface area contributed by atoms with Crippen LogP contribution in [0.5, 0.6) is 11.5 Å². The number of aromatic hydroxyl groups is 1. The number of hydrogen-bond acceptors (Lipinski definition) is 4. The molecule has 7 heteroatoms. The van der Waals surface area contributed by atoms with Crippen molar-refractivity contribution in [3.8, 4) is 11.5 Å². The summed E-state index contributed by atoms with van der Waals surface area (Å²) in [7, 11) is 1.62. The maximum Gasteiger partial charge on any atom is 0.172 e. The van der Waals surface area contributed by atoms with E-state index in [-0.39, 0.29) is 30.6 Å². The molecule has 1 aliphatic carbocycles. The maximum absolute atomic E-state index is 10.1. The van der Waals surface area contributed by atoms with Crippen molar-refractivity contribution < 1.29 is 9.84 Å². The van der Waals surface area contributed by atoms with Gasteiger partial charge in [0.05, 0.1) is 11.6 Å². The van der Waals surface area contributed by atoms with Crippen LogP contribution >= 0.6 is 40.7 Å². The van der Waals surface area contributed by atoms with Crippen LogP contribution in [0.15, 0.2) is 16.6 Å². The summed E-state index contributed by atoms with van der Waals surface area (Å²) in [5, 5.41) is 13.6. The summed E-state index contributed by atoms with van der Waals surface area (Å²) in [5.41, 5.74) is 1.26. The number of rotatable bonds is 4. The molecule has 25 heavy (non-hydrogen) atoms. The summed E-state index contributed by atoms with van der Waals surface area (Å²) in [5.74, 6) is 1.45. The lowest BCUT2D eigenvalue weighted by Gasteiger charge is -2.41. The van der Waals surface area contributed by atoms with Crippen LogP contribution in [0.2, 0.25) is 0 Å². The third-order valence-electron chi connectivity index (χ3n) is 5.25. The first-order chi connectivity index (χ1) is 11.2. The molecule has 0 bridgehead atoms. The summed E-state index contributed by atoms with van der Waals surface area (Å²) in [6.07, 6.45) is 6.64. The molecule has 1 aromatic carbocycles. The third-order valence-corrected chi connectivity index (χ3v) is 5.86. The molecule has 4 nitrogen and oxygen atoms in total. The van der Waals surface area contributed by atoms with Gasteiger partial charge in [-0.05, 0) is 52.4 Å². The highest BCUT2D eigenvalue weighted by atomic mass is 79.9. The van der Waals surface area contributed by atoms with Gasteiger partial charge in [-0.25, -0.2) is 0 Å². The fraction of sp³-hybridized carbons (Fsp3) is 0.667. The quantitative estimate of drug-likeness (QED) is 0.699. The van der Waals surface area contributed by atoms with Crippen LogP contribution in [0.4, 0.5) is 0 Å². The Morgan fingerprint density at radius 3 is 2.40 bits per heavy atom. The Morgan fingerprint density at radius 1 is 1.16 bits per heavy atom. The van der Waals surface area contributed by atoms with Gasteiger partial charge in [-0.1, -0.05) is 19.3 Å². The molecule has 1 saturated carbocycles. The Kier molecular flexibility index (Phi) is 9.89. The Balaban J connectivity index is 0.00000156. The van der Waals surface area contributed by atoms with E-state index in [0.29, 0.717) is 17.7 Å². The highest BCUT2D eigenvalue weighted by Gasteiger charge is 2.31. The van der Waals surface area contributed by atoms with E-state index in [0.717, 1.165) is 30.7 Å². The molecule has 1 heterocycles. The number of halogens is 3. The number of ether oxygens (including phenoxy) is 1. The average molecular weight is 456 g/mol. The van der Waals surface area contributed by atoms with Crippen molar-refractivity contribution in [2.45, 2.75) is 38.1 Å². The number of phenolic OH excluding ortho intramolecular Hbond substituents is 1. The van der Waals surface area contributed by atoms with Crippen LogP contribution in [-0.4, -0.2) is 43.3 Å². The zero-order chi connectivity index (χ0) is 16.2. The first kappa shape index (κ1) is 22.8. The summed E-state index contributed by atoms with van der Waals surface area (Å²) >= 11 is 3.49. The van der Waals surface area contributed by atoms with Gasteiger partial charge in [-0.15, -0.1) is 24.8 Å². The Hall–Kier alpha value is -0.200. The topological polar surface area (TPSA) is 44.7 Å². The minimum Gasteiger partial charge on any atom is -0.503 e. The van der Waals surface area contributed by atoms with Gasteiger partial charge in [0.1, 0.15) is 0 Å². The minimum atomic E-state index is 0. The predicted octanol–water partition coefficient (Wildman–Crippen LogP) is 4.53. The van der Waals surface area contributed by atoms with Crippen molar-refractivity contribution in [3.05, 3.63) is 22.2 Å². The molecule has 144 valence electrons. The van der Waals surface area contributed by atoms with E-state index in [9.17, 15) is 5.11 Å². The number of benzene rings is 1. The highest BCUT2D eigenvalue weighted by molar-refractivity contribution is 9.10. The number of hydrogen-bond donors (Lipinski definition) is 2. The van der Waals surface area contributed by atoms with E-state index in [1.54, 1.807) is 7.11 Å². The van der Waals surface area contributed by atoms with E-state index in [1.807, 2.05) is 6.07 Å². The largest absolute Gasteiger partial charge is 0.503 e. The van der Waals surface area contributed by atoms with Gasteiger partial charge >= 0.3 is 0 Å². The van der Waals surface area contributed by atoms with Crippen LogP contribution in [0.25, 0.3) is 0 Å². The van der Waals surface area contributed by atoms with Crippen molar-refractivity contribution >= 4 is 40.7 Å². The number of piperazine rings is 1. The van der Waals surface area contributed by atoms with Gasteiger partial charge in [0.2, 0.25) is 0 Å². The lowest BCUT2D eigenvalue weighted by Crippen LogP contribution is -2.47. The number of phenols is 1. The Labute approximate surface area is 171 Å². The molecular formula is C18H29BrCl2N2O2. The molecule has 0 aromatic heterocycles. The number of nitrogens with one attached hydrogen (secondary N) is 1. The fourth-order valence-corrected chi connectivity index (χ4v) is 4.57. The lowest BCUT2D eigenvalue weighted by atomic mass is 9.80. The van der Waals surface area contributed by atoms with Crippen LogP contribution in [0, 0.1) is 5.92 Å². The fourth-order valence-electron chi connectivity index (χ4n) is 4.11. The van der Waals surface area contributed by atoms with Crippen LogP contribution in [-0.2, 0) is 0 Å². The smallest absolute Gasteiger partial charge is 0.172 e. The van der Waals surface area contributed by atoms with Gasteiger partial charge in [-0.3, -0.25) is 4.90 Å². The van der Waals surface area contributed by atoms with Crippen LogP contribution in [0.3, 0.4) is 0 Å². The molecule has 1 saturated heterocycles. The number of methoxy groups -OCH3 is 1. The second-order valence-electron chi connectivity index (χ2n) is 6.68. The monoisotopic (exact) mass is 454 g/mol.